The van der Waals surface area contributed by atoms with Crippen LogP contribution in [0.4, 0.5) is 10.5 Å². The fourth-order valence-electron chi connectivity index (χ4n) is 0.818. The summed E-state index contributed by atoms with van der Waals surface area (Å²) in [4.78, 5) is 11.1. The third-order valence-electron chi connectivity index (χ3n) is 1.40. The van der Waals surface area contributed by atoms with Crippen molar-refractivity contribution in [3.05, 3.63) is 27.8 Å². The first-order valence-corrected chi connectivity index (χ1v) is 5.59. The normalized spacial score (nSPS) is 9.57. The van der Waals surface area contributed by atoms with Gasteiger partial charge < -0.3 is 4.74 Å². The summed E-state index contributed by atoms with van der Waals surface area (Å²) >= 11 is 7.55. The molecule has 0 spiro atoms. The lowest BCUT2D eigenvalue weighted by molar-refractivity contribution is 0.168. The van der Waals surface area contributed by atoms with Crippen LogP contribution < -0.4 is 5.32 Å². The molecule has 0 fully saturated rings. The van der Waals surface area contributed by atoms with E-state index in [1.165, 1.54) is 0 Å². The zero-order valence-electron chi connectivity index (χ0n) is 7.30. The van der Waals surface area contributed by atoms with E-state index in [0.717, 1.165) is 3.57 Å². The van der Waals surface area contributed by atoms with Crippen LogP contribution >= 0.6 is 34.2 Å². The van der Waals surface area contributed by atoms with Crippen LogP contribution in [-0.4, -0.2) is 18.6 Å². The fraction of sp³-hybridized carbons (Fsp3) is 0.222. The molecule has 3 nitrogen and oxygen atoms in total. The molecule has 0 aromatic heterocycles. The molecule has 0 unspecified atom stereocenters. The number of hydrogen-bond donors (Lipinski definition) is 1. The van der Waals surface area contributed by atoms with Crippen molar-refractivity contribution in [3.63, 3.8) is 0 Å². The van der Waals surface area contributed by atoms with E-state index in [9.17, 15) is 4.79 Å². The Bertz CT molecular complexity index is 302. The molecule has 0 aliphatic rings. The minimum Gasteiger partial charge on any atom is -0.448 e. The monoisotopic (exact) mass is 325 g/mol. The van der Waals surface area contributed by atoms with Crippen molar-refractivity contribution in [1.82, 2.24) is 0 Å². The number of rotatable bonds is 3. The predicted octanol–water partition coefficient (Wildman–Crippen LogP) is 3.08. The lowest BCUT2D eigenvalue weighted by Crippen LogP contribution is -2.14. The average Bonchev–Trinajstić information content (AvgIpc) is 2.18. The molecule has 0 atom stereocenters. The Balaban J connectivity index is 2.44. The smallest absolute Gasteiger partial charge is 0.411 e. The highest BCUT2D eigenvalue weighted by Gasteiger charge is 2.01. The number of ether oxygens (including phenoxy) is 1. The number of benzene rings is 1. The lowest BCUT2D eigenvalue weighted by Gasteiger charge is -2.05. The van der Waals surface area contributed by atoms with Gasteiger partial charge in [-0.25, -0.2) is 4.79 Å². The first-order chi connectivity index (χ1) is 6.72. The average molecular weight is 326 g/mol. The molecule has 0 heterocycles. The molecule has 0 aliphatic heterocycles. The largest absolute Gasteiger partial charge is 0.448 e. The van der Waals surface area contributed by atoms with Gasteiger partial charge in [0.05, 0.1) is 5.88 Å². The summed E-state index contributed by atoms with van der Waals surface area (Å²) in [5.74, 6) is 0.306. The SMILES string of the molecule is O=C(Nc1ccc(I)cc1)OCCCl. The fourth-order valence-corrected chi connectivity index (χ4v) is 1.26. The molecule has 0 aliphatic carbocycles. The Labute approximate surface area is 101 Å². The minimum absolute atomic E-state index is 0.220. The molecular formula is C9H9ClINO2. The van der Waals surface area contributed by atoms with E-state index in [4.69, 9.17) is 16.3 Å². The minimum atomic E-state index is -0.480. The van der Waals surface area contributed by atoms with Crippen molar-refractivity contribution >= 4 is 46.0 Å². The third-order valence-corrected chi connectivity index (χ3v) is 2.27. The van der Waals surface area contributed by atoms with Gasteiger partial charge in [-0.3, -0.25) is 5.32 Å². The number of alkyl halides is 1. The second-order valence-electron chi connectivity index (χ2n) is 2.46. The standard InChI is InChI=1S/C9H9ClINO2/c10-5-6-14-9(13)12-8-3-1-7(11)2-4-8/h1-4H,5-6H2,(H,12,13). The number of halogens is 2. The summed E-state index contributed by atoms with van der Waals surface area (Å²) in [6.07, 6.45) is -0.480. The van der Waals surface area contributed by atoms with Gasteiger partial charge in [-0.05, 0) is 46.9 Å². The Morgan fingerprint density at radius 1 is 1.43 bits per heavy atom. The van der Waals surface area contributed by atoms with Crippen LogP contribution in [0.3, 0.4) is 0 Å². The highest BCUT2D eigenvalue weighted by molar-refractivity contribution is 14.1. The second kappa shape index (κ2) is 6.08. The summed E-state index contributed by atoms with van der Waals surface area (Å²) in [5, 5.41) is 2.58. The zero-order chi connectivity index (χ0) is 10.4. The highest BCUT2D eigenvalue weighted by Crippen LogP contribution is 2.11. The number of carbonyl (C=O) groups is 1. The summed E-state index contributed by atoms with van der Waals surface area (Å²) in [6, 6.07) is 7.42. The molecule has 76 valence electrons. The van der Waals surface area contributed by atoms with E-state index in [1.54, 1.807) is 0 Å². The molecule has 0 saturated heterocycles. The molecule has 1 amide bonds. The van der Waals surface area contributed by atoms with E-state index in [0.29, 0.717) is 11.6 Å². The number of carbonyl (C=O) groups excluding carboxylic acids is 1. The maximum absolute atomic E-state index is 11.1. The van der Waals surface area contributed by atoms with Gasteiger partial charge in [0, 0.05) is 9.26 Å². The van der Waals surface area contributed by atoms with Crippen LogP contribution in [-0.2, 0) is 4.74 Å². The first kappa shape index (κ1) is 11.6. The first-order valence-electron chi connectivity index (χ1n) is 3.97. The molecule has 5 heteroatoms. The lowest BCUT2D eigenvalue weighted by atomic mass is 10.3. The molecule has 1 aromatic carbocycles. The van der Waals surface area contributed by atoms with Gasteiger partial charge in [-0.1, -0.05) is 0 Å². The summed E-state index contributed by atoms with van der Waals surface area (Å²) < 4.78 is 5.85. The molecular weight excluding hydrogens is 316 g/mol. The quantitative estimate of drug-likeness (QED) is 0.685. The molecule has 0 radical (unpaired) electrons. The summed E-state index contributed by atoms with van der Waals surface area (Å²) in [5.41, 5.74) is 0.713. The molecule has 1 rings (SSSR count). The van der Waals surface area contributed by atoms with Crippen LogP contribution in [0.25, 0.3) is 0 Å². The van der Waals surface area contributed by atoms with Gasteiger partial charge in [-0.15, -0.1) is 11.6 Å². The van der Waals surface area contributed by atoms with Gasteiger partial charge in [0.15, 0.2) is 0 Å². The third kappa shape index (κ3) is 4.15. The molecule has 0 bridgehead atoms. The van der Waals surface area contributed by atoms with Crippen molar-refractivity contribution in [1.29, 1.82) is 0 Å². The summed E-state index contributed by atoms with van der Waals surface area (Å²) in [6.45, 7) is 0.220. The predicted molar refractivity (Wildman–Crippen MR) is 64.8 cm³/mol. The van der Waals surface area contributed by atoms with Gasteiger partial charge in [0.1, 0.15) is 6.61 Å². The van der Waals surface area contributed by atoms with Crippen LogP contribution in [0.15, 0.2) is 24.3 Å². The topological polar surface area (TPSA) is 38.3 Å². The Morgan fingerprint density at radius 3 is 2.64 bits per heavy atom. The van der Waals surface area contributed by atoms with E-state index in [2.05, 4.69) is 27.9 Å². The van der Waals surface area contributed by atoms with Crippen molar-refractivity contribution < 1.29 is 9.53 Å². The van der Waals surface area contributed by atoms with Crippen LogP contribution in [0.2, 0.25) is 0 Å². The molecule has 14 heavy (non-hydrogen) atoms. The summed E-state index contributed by atoms with van der Waals surface area (Å²) in [7, 11) is 0. The zero-order valence-corrected chi connectivity index (χ0v) is 10.2. The molecule has 0 saturated carbocycles. The number of amides is 1. The van der Waals surface area contributed by atoms with E-state index in [1.807, 2.05) is 24.3 Å². The van der Waals surface area contributed by atoms with E-state index in [-0.39, 0.29) is 6.61 Å². The van der Waals surface area contributed by atoms with Gasteiger partial charge >= 0.3 is 6.09 Å². The van der Waals surface area contributed by atoms with Crippen LogP contribution in [0.1, 0.15) is 0 Å². The Morgan fingerprint density at radius 2 is 2.07 bits per heavy atom. The van der Waals surface area contributed by atoms with Gasteiger partial charge in [0.2, 0.25) is 0 Å². The van der Waals surface area contributed by atoms with E-state index >= 15 is 0 Å². The second-order valence-corrected chi connectivity index (χ2v) is 4.08. The molecule has 1 N–H and O–H groups in total. The van der Waals surface area contributed by atoms with Gasteiger partial charge in [-0.2, -0.15) is 0 Å². The van der Waals surface area contributed by atoms with Gasteiger partial charge in [0.25, 0.3) is 0 Å². The Kier molecular flexibility index (Phi) is 5.03. The number of nitrogens with one attached hydrogen (secondary N) is 1. The molecule has 1 aromatic rings. The van der Waals surface area contributed by atoms with Crippen LogP contribution in [0.5, 0.6) is 0 Å². The number of hydrogen-bond acceptors (Lipinski definition) is 2. The van der Waals surface area contributed by atoms with Crippen molar-refractivity contribution in [2.24, 2.45) is 0 Å². The van der Waals surface area contributed by atoms with Crippen molar-refractivity contribution in [2.45, 2.75) is 0 Å². The van der Waals surface area contributed by atoms with Crippen molar-refractivity contribution in [2.75, 3.05) is 17.8 Å². The van der Waals surface area contributed by atoms with Crippen LogP contribution in [0, 0.1) is 3.57 Å². The maximum atomic E-state index is 11.1. The van der Waals surface area contributed by atoms with E-state index < -0.39 is 6.09 Å². The maximum Gasteiger partial charge on any atom is 0.411 e. The van der Waals surface area contributed by atoms with Crippen molar-refractivity contribution in [3.8, 4) is 0 Å². The Hall–Kier alpha value is -0.490. The number of anilines is 1. The highest BCUT2D eigenvalue weighted by atomic mass is 127.